The number of hydrogen-bond acceptors (Lipinski definition) is 6. The lowest BCUT2D eigenvalue weighted by molar-refractivity contribution is 0.534. The highest BCUT2D eigenvalue weighted by molar-refractivity contribution is 5.84. The summed E-state index contributed by atoms with van der Waals surface area (Å²) in [6, 6.07) is 6.14. The Hall–Kier alpha value is -4.01. The van der Waals surface area contributed by atoms with E-state index in [1.54, 1.807) is 18.6 Å². The summed E-state index contributed by atoms with van der Waals surface area (Å²) in [6.07, 6.45) is 11.1. The second-order valence-corrected chi connectivity index (χ2v) is 7.74. The summed E-state index contributed by atoms with van der Waals surface area (Å²) in [5.41, 5.74) is 4.77. The van der Waals surface area contributed by atoms with Gasteiger partial charge < -0.3 is 9.88 Å². The molecule has 1 N–H and O–H groups in total. The van der Waals surface area contributed by atoms with Crippen molar-refractivity contribution < 1.29 is 0 Å². The van der Waals surface area contributed by atoms with E-state index in [1.165, 1.54) is 0 Å². The van der Waals surface area contributed by atoms with Gasteiger partial charge in [0, 0.05) is 61.5 Å². The van der Waals surface area contributed by atoms with E-state index in [9.17, 15) is 0 Å². The Balaban J connectivity index is 1.71. The first-order valence-corrected chi connectivity index (χ1v) is 10.1. The van der Waals surface area contributed by atoms with Crippen molar-refractivity contribution in [3.63, 3.8) is 0 Å². The summed E-state index contributed by atoms with van der Waals surface area (Å²) < 4.78 is 5.72. The van der Waals surface area contributed by atoms with Crippen LogP contribution in [0.25, 0.3) is 28.4 Å². The maximum Gasteiger partial charge on any atom is 0.218 e. The van der Waals surface area contributed by atoms with Gasteiger partial charge in [-0.15, -0.1) is 5.10 Å². The normalized spacial score (nSPS) is 11.5. The van der Waals surface area contributed by atoms with Gasteiger partial charge in [-0.1, -0.05) is 0 Å². The van der Waals surface area contributed by atoms with Crippen LogP contribution in [0.4, 0.5) is 11.5 Å². The van der Waals surface area contributed by atoms with E-state index >= 15 is 0 Å². The molecule has 5 heterocycles. The van der Waals surface area contributed by atoms with Gasteiger partial charge in [0.25, 0.3) is 0 Å². The number of aromatic nitrogens is 8. The SMILES string of the molecule is Cc1c(-c2ccn(C(C)C)n2)cn2nc(-c3nccn3C)nc(Nc3ccncc3)c12. The average molecular weight is 413 g/mol. The summed E-state index contributed by atoms with van der Waals surface area (Å²) in [4.78, 5) is 13.3. The molecule has 0 aliphatic carbocycles. The van der Waals surface area contributed by atoms with E-state index in [-0.39, 0.29) is 0 Å². The molecule has 0 atom stereocenters. The lowest BCUT2D eigenvalue weighted by Crippen LogP contribution is -2.06. The van der Waals surface area contributed by atoms with E-state index in [0.717, 1.165) is 28.0 Å². The molecule has 156 valence electrons. The number of rotatable bonds is 5. The first-order valence-electron chi connectivity index (χ1n) is 10.1. The number of anilines is 2. The number of imidazole rings is 1. The maximum atomic E-state index is 4.83. The molecule has 0 amide bonds. The molecule has 0 bridgehead atoms. The summed E-state index contributed by atoms with van der Waals surface area (Å²) in [5, 5.41) is 12.9. The molecule has 5 aromatic heterocycles. The molecule has 0 aliphatic rings. The van der Waals surface area contributed by atoms with Crippen LogP contribution in [0, 0.1) is 6.92 Å². The summed E-state index contributed by atoms with van der Waals surface area (Å²) in [6.45, 7) is 6.29. The van der Waals surface area contributed by atoms with Crippen LogP contribution in [0.15, 0.2) is 55.4 Å². The second kappa shape index (κ2) is 7.35. The number of aryl methyl sites for hydroxylation is 2. The molecule has 0 saturated heterocycles. The number of fused-ring (bicyclic) bond motifs is 1. The van der Waals surface area contributed by atoms with E-state index in [0.29, 0.717) is 23.5 Å². The summed E-state index contributed by atoms with van der Waals surface area (Å²) in [7, 11) is 1.93. The first-order chi connectivity index (χ1) is 15.0. The monoisotopic (exact) mass is 413 g/mol. The third kappa shape index (κ3) is 3.33. The van der Waals surface area contributed by atoms with Crippen LogP contribution in [-0.4, -0.2) is 38.9 Å². The maximum absolute atomic E-state index is 4.83. The van der Waals surface area contributed by atoms with Crippen molar-refractivity contribution in [2.75, 3.05) is 5.32 Å². The predicted octanol–water partition coefficient (Wildman–Crippen LogP) is 4.02. The van der Waals surface area contributed by atoms with Gasteiger partial charge in [0.1, 0.15) is 5.52 Å². The Kier molecular flexibility index (Phi) is 4.50. The molecule has 9 nitrogen and oxygen atoms in total. The summed E-state index contributed by atoms with van der Waals surface area (Å²) in [5.74, 6) is 1.92. The quantitative estimate of drug-likeness (QED) is 0.468. The molecular weight excluding hydrogens is 390 g/mol. The van der Waals surface area contributed by atoms with Crippen molar-refractivity contribution in [2.24, 2.45) is 7.05 Å². The zero-order chi connectivity index (χ0) is 21.5. The minimum absolute atomic E-state index is 0.296. The van der Waals surface area contributed by atoms with Crippen LogP contribution in [0.3, 0.4) is 0 Å². The van der Waals surface area contributed by atoms with Crippen LogP contribution in [0.5, 0.6) is 0 Å². The van der Waals surface area contributed by atoms with Crippen molar-refractivity contribution in [1.29, 1.82) is 0 Å². The van der Waals surface area contributed by atoms with Crippen LogP contribution in [0.1, 0.15) is 25.5 Å². The Bertz CT molecular complexity index is 1360. The zero-order valence-electron chi connectivity index (χ0n) is 17.9. The molecule has 5 rings (SSSR count). The van der Waals surface area contributed by atoms with E-state index < -0.39 is 0 Å². The van der Waals surface area contributed by atoms with Gasteiger partial charge in [-0.2, -0.15) is 5.10 Å². The summed E-state index contributed by atoms with van der Waals surface area (Å²) >= 11 is 0. The number of nitrogens with one attached hydrogen (secondary N) is 1. The van der Waals surface area contributed by atoms with Crippen molar-refractivity contribution in [2.45, 2.75) is 26.8 Å². The fraction of sp³-hybridized carbons (Fsp3) is 0.227. The van der Waals surface area contributed by atoms with E-state index in [1.807, 2.05) is 57.6 Å². The topological polar surface area (TPSA) is 90.8 Å². The smallest absolute Gasteiger partial charge is 0.218 e. The van der Waals surface area contributed by atoms with Crippen molar-refractivity contribution >= 4 is 17.0 Å². The Morgan fingerprint density at radius 3 is 2.48 bits per heavy atom. The Labute approximate surface area is 179 Å². The predicted molar refractivity (Wildman–Crippen MR) is 119 cm³/mol. The van der Waals surface area contributed by atoms with Gasteiger partial charge in [0.2, 0.25) is 5.82 Å². The first kappa shape index (κ1) is 19.0. The molecule has 0 fully saturated rings. The average Bonchev–Trinajstić information content (AvgIpc) is 3.47. The lowest BCUT2D eigenvalue weighted by Gasteiger charge is -2.10. The van der Waals surface area contributed by atoms with Crippen molar-refractivity contribution in [3.05, 3.63) is 60.9 Å². The molecule has 0 unspecified atom stereocenters. The van der Waals surface area contributed by atoms with Gasteiger partial charge in [-0.25, -0.2) is 14.5 Å². The van der Waals surface area contributed by atoms with Crippen LogP contribution < -0.4 is 5.32 Å². The van der Waals surface area contributed by atoms with Gasteiger partial charge in [0.15, 0.2) is 11.6 Å². The lowest BCUT2D eigenvalue weighted by atomic mass is 10.1. The van der Waals surface area contributed by atoms with Gasteiger partial charge in [0.05, 0.1) is 5.69 Å². The van der Waals surface area contributed by atoms with Gasteiger partial charge in [-0.05, 0) is 44.5 Å². The number of pyridine rings is 1. The molecule has 0 radical (unpaired) electrons. The van der Waals surface area contributed by atoms with Crippen molar-refractivity contribution in [1.82, 2.24) is 38.9 Å². The standard InChI is InChI=1S/C22H23N9/c1-14(2)30-11-7-18(27-30)17-13-31-19(15(17)3)20(25-16-5-8-23-9-6-16)26-21(28-31)22-24-10-12-29(22)4/h5-14H,1-4H3,(H,23,25,26,28). The second-order valence-electron chi connectivity index (χ2n) is 7.74. The molecule has 5 aromatic rings. The minimum Gasteiger partial charge on any atom is -0.338 e. The third-order valence-electron chi connectivity index (χ3n) is 5.26. The number of nitrogens with zero attached hydrogens (tertiary/aromatic N) is 8. The van der Waals surface area contributed by atoms with Gasteiger partial charge in [-0.3, -0.25) is 9.67 Å². The van der Waals surface area contributed by atoms with E-state index in [4.69, 9.17) is 15.2 Å². The highest BCUT2D eigenvalue weighted by atomic mass is 15.3. The Morgan fingerprint density at radius 2 is 1.81 bits per heavy atom. The van der Waals surface area contributed by atoms with Crippen LogP contribution in [-0.2, 0) is 7.05 Å². The Morgan fingerprint density at radius 1 is 1.00 bits per heavy atom. The molecule has 9 heteroatoms. The molecule has 0 saturated carbocycles. The highest BCUT2D eigenvalue weighted by Gasteiger charge is 2.19. The van der Waals surface area contributed by atoms with Crippen molar-refractivity contribution in [3.8, 4) is 22.9 Å². The minimum atomic E-state index is 0.296. The van der Waals surface area contributed by atoms with E-state index in [2.05, 4.69) is 36.1 Å². The van der Waals surface area contributed by atoms with Crippen LogP contribution in [0.2, 0.25) is 0 Å². The third-order valence-corrected chi connectivity index (χ3v) is 5.26. The molecule has 0 aromatic carbocycles. The zero-order valence-corrected chi connectivity index (χ0v) is 17.9. The molecule has 0 aliphatic heterocycles. The molecular formula is C22H23N9. The fourth-order valence-corrected chi connectivity index (χ4v) is 3.59. The highest BCUT2D eigenvalue weighted by Crippen LogP contribution is 2.32. The van der Waals surface area contributed by atoms with Gasteiger partial charge >= 0.3 is 0 Å². The van der Waals surface area contributed by atoms with Crippen LogP contribution >= 0.6 is 0 Å². The fourth-order valence-electron chi connectivity index (χ4n) is 3.59. The number of hydrogen-bond donors (Lipinski definition) is 1. The molecule has 31 heavy (non-hydrogen) atoms. The largest absolute Gasteiger partial charge is 0.338 e. The molecule has 0 spiro atoms.